The monoisotopic (exact) mass is 283 g/mol. The van der Waals surface area contributed by atoms with Crippen LogP contribution < -0.4 is 0 Å². The Morgan fingerprint density at radius 2 is 2.25 bits per heavy atom. The molecule has 1 heterocycles. The molecule has 0 bridgehead atoms. The lowest BCUT2D eigenvalue weighted by molar-refractivity contribution is -0.141. The zero-order chi connectivity index (χ0) is 11.9. The minimum atomic E-state index is -0.986. The number of nitrogens with zero attached hydrogens (tertiary/aromatic N) is 1. The van der Waals surface area contributed by atoms with E-state index in [-0.39, 0.29) is 5.91 Å². The molecule has 1 aliphatic rings. The fraction of sp³-hybridized carbons (Fsp3) is 0.273. The standard InChI is InChI=1S/C11H10BrNO3/c1-6(11(15)16)13-5-7-2-3-8(12)4-9(7)10(13)14/h2-4,6H,5H2,1H3,(H,15,16)/t6-/m1/s1. The van der Waals surface area contributed by atoms with E-state index in [0.717, 1.165) is 10.0 Å². The lowest BCUT2D eigenvalue weighted by Crippen LogP contribution is -2.38. The topological polar surface area (TPSA) is 57.6 Å². The van der Waals surface area contributed by atoms with Gasteiger partial charge in [0.2, 0.25) is 0 Å². The quantitative estimate of drug-likeness (QED) is 0.902. The first kappa shape index (κ1) is 11.1. The van der Waals surface area contributed by atoms with Crippen LogP contribution in [-0.2, 0) is 11.3 Å². The van der Waals surface area contributed by atoms with Crippen molar-refractivity contribution in [3.8, 4) is 0 Å². The third kappa shape index (κ3) is 1.71. The number of amides is 1. The molecule has 0 fully saturated rings. The molecule has 0 aromatic heterocycles. The number of hydrogen-bond acceptors (Lipinski definition) is 2. The summed E-state index contributed by atoms with van der Waals surface area (Å²) in [6.07, 6.45) is 0. The van der Waals surface area contributed by atoms with Gasteiger partial charge in [-0.25, -0.2) is 4.79 Å². The third-order valence-corrected chi connectivity index (χ3v) is 3.22. The second-order valence-corrected chi connectivity index (χ2v) is 4.66. The van der Waals surface area contributed by atoms with Gasteiger partial charge in [0.25, 0.3) is 5.91 Å². The minimum absolute atomic E-state index is 0.216. The van der Waals surface area contributed by atoms with E-state index in [2.05, 4.69) is 15.9 Å². The molecule has 0 radical (unpaired) electrons. The summed E-state index contributed by atoms with van der Waals surface area (Å²) in [6.45, 7) is 1.88. The van der Waals surface area contributed by atoms with Crippen LogP contribution in [-0.4, -0.2) is 27.9 Å². The van der Waals surface area contributed by atoms with Gasteiger partial charge in [0, 0.05) is 16.6 Å². The van der Waals surface area contributed by atoms with E-state index in [1.165, 1.54) is 11.8 Å². The summed E-state index contributed by atoms with van der Waals surface area (Å²) < 4.78 is 0.824. The maximum Gasteiger partial charge on any atom is 0.326 e. The molecule has 84 valence electrons. The number of halogens is 1. The van der Waals surface area contributed by atoms with Gasteiger partial charge >= 0.3 is 5.97 Å². The smallest absolute Gasteiger partial charge is 0.326 e. The normalized spacial score (nSPS) is 16.1. The Balaban J connectivity index is 2.34. The van der Waals surface area contributed by atoms with E-state index in [0.29, 0.717) is 12.1 Å². The number of carboxylic acid groups (broad SMARTS) is 1. The van der Waals surface area contributed by atoms with Gasteiger partial charge in [-0.1, -0.05) is 22.0 Å². The Labute approximate surface area is 101 Å². The van der Waals surface area contributed by atoms with Crippen LogP contribution in [0, 0.1) is 0 Å². The average molecular weight is 284 g/mol. The molecule has 1 atom stereocenters. The van der Waals surface area contributed by atoms with Gasteiger partial charge in [0.15, 0.2) is 0 Å². The molecule has 0 aliphatic carbocycles. The number of benzene rings is 1. The summed E-state index contributed by atoms with van der Waals surface area (Å²) in [5.41, 5.74) is 1.46. The van der Waals surface area contributed by atoms with Crippen molar-refractivity contribution in [3.63, 3.8) is 0 Å². The Kier molecular flexibility index (Phi) is 2.71. The molecule has 1 aromatic carbocycles. The fourth-order valence-corrected chi connectivity index (χ4v) is 2.10. The summed E-state index contributed by atoms with van der Waals surface area (Å²) in [6, 6.07) is 4.62. The van der Waals surface area contributed by atoms with Gasteiger partial charge in [-0.05, 0) is 24.6 Å². The Morgan fingerprint density at radius 3 is 2.88 bits per heavy atom. The Bertz CT molecular complexity index is 472. The van der Waals surface area contributed by atoms with Crippen LogP contribution in [0.15, 0.2) is 22.7 Å². The third-order valence-electron chi connectivity index (χ3n) is 2.73. The largest absolute Gasteiger partial charge is 0.480 e. The van der Waals surface area contributed by atoms with Crippen molar-refractivity contribution in [1.82, 2.24) is 4.90 Å². The lowest BCUT2D eigenvalue weighted by Gasteiger charge is -2.19. The fourth-order valence-electron chi connectivity index (χ4n) is 1.74. The van der Waals surface area contributed by atoms with Crippen molar-refractivity contribution in [3.05, 3.63) is 33.8 Å². The zero-order valence-corrected chi connectivity index (χ0v) is 10.2. The summed E-state index contributed by atoms with van der Waals surface area (Å²) in [5.74, 6) is -1.20. The number of hydrogen-bond donors (Lipinski definition) is 1. The van der Waals surface area contributed by atoms with Crippen LogP contribution in [0.3, 0.4) is 0 Å². The van der Waals surface area contributed by atoms with Gasteiger partial charge in [-0.3, -0.25) is 4.79 Å². The molecular weight excluding hydrogens is 274 g/mol. The first-order valence-electron chi connectivity index (χ1n) is 4.83. The maximum absolute atomic E-state index is 11.9. The molecule has 2 rings (SSSR count). The molecule has 0 saturated carbocycles. The Morgan fingerprint density at radius 1 is 1.56 bits per heavy atom. The highest BCUT2D eigenvalue weighted by atomic mass is 79.9. The van der Waals surface area contributed by atoms with Crippen LogP contribution in [0.4, 0.5) is 0 Å². The van der Waals surface area contributed by atoms with Crippen LogP contribution in [0.5, 0.6) is 0 Å². The highest BCUT2D eigenvalue weighted by Crippen LogP contribution is 2.27. The molecular formula is C11H10BrNO3. The number of carbonyl (C=O) groups excluding carboxylic acids is 1. The second-order valence-electron chi connectivity index (χ2n) is 3.75. The van der Waals surface area contributed by atoms with Gasteiger partial charge in [-0.2, -0.15) is 0 Å². The van der Waals surface area contributed by atoms with E-state index in [4.69, 9.17) is 5.11 Å². The SMILES string of the molecule is C[C@H](C(=O)O)N1Cc2ccc(Br)cc2C1=O. The van der Waals surface area contributed by atoms with Crippen LogP contribution >= 0.6 is 15.9 Å². The van der Waals surface area contributed by atoms with Crippen LogP contribution in [0.2, 0.25) is 0 Å². The van der Waals surface area contributed by atoms with E-state index >= 15 is 0 Å². The lowest BCUT2D eigenvalue weighted by atomic mass is 10.1. The number of carboxylic acids is 1. The van der Waals surface area contributed by atoms with Crippen LogP contribution in [0.25, 0.3) is 0 Å². The first-order valence-corrected chi connectivity index (χ1v) is 5.62. The Hall–Kier alpha value is -1.36. The highest BCUT2D eigenvalue weighted by Gasteiger charge is 2.33. The summed E-state index contributed by atoms with van der Waals surface area (Å²) in [7, 11) is 0. The van der Waals surface area contributed by atoms with Gasteiger partial charge in [0.05, 0.1) is 0 Å². The summed E-state index contributed by atoms with van der Waals surface area (Å²) >= 11 is 3.29. The zero-order valence-electron chi connectivity index (χ0n) is 8.61. The van der Waals surface area contributed by atoms with Crippen molar-refractivity contribution in [2.75, 3.05) is 0 Å². The molecule has 1 amide bonds. The van der Waals surface area contributed by atoms with Crippen molar-refractivity contribution in [2.24, 2.45) is 0 Å². The van der Waals surface area contributed by atoms with Crippen molar-refractivity contribution in [1.29, 1.82) is 0 Å². The van der Waals surface area contributed by atoms with Crippen molar-refractivity contribution < 1.29 is 14.7 Å². The molecule has 1 N–H and O–H groups in total. The number of carbonyl (C=O) groups is 2. The molecule has 5 heteroatoms. The van der Waals surface area contributed by atoms with Gasteiger partial charge in [-0.15, -0.1) is 0 Å². The van der Waals surface area contributed by atoms with Crippen LogP contribution in [0.1, 0.15) is 22.8 Å². The summed E-state index contributed by atoms with van der Waals surface area (Å²) in [4.78, 5) is 24.1. The van der Waals surface area contributed by atoms with Crippen molar-refractivity contribution in [2.45, 2.75) is 19.5 Å². The van der Waals surface area contributed by atoms with Crippen molar-refractivity contribution >= 4 is 27.8 Å². The second kappa shape index (κ2) is 3.90. The van der Waals surface area contributed by atoms with E-state index in [1.54, 1.807) is 6.07 Å². The summed E-state index contributed by atoms with van der Waals surface area (Å²) in [5, 5.41) is 8.89. The molecule has 1 aromatic rings. The van der Waals surface area contributed by atoms with Gasteiger partial charge in [0.1, 0.15) is 6.04 Å². The first-order chi connectivity index (χ1) is 7.50. The predicted molar refractivity (Wildman–Crippen MR) is 61.1 cm³/mol. The molecule has 0 saturated heterocycles. The molecule has 0 unspecified atom stereocenters. The molecule has 1 aliphatic heterocycles. The highest BCUT2D eigenvalue weighted by molar-refractivity contribution is 9.10. The van der Waals surface area contributed by atoms with E-state index in [1.807, 2.05) is 12.1 Å². The van der Waals surface area contributed by atoms with E-state index < -0.39 is 12.0 Å². The number of rotatable bonds is 2. The van der Waals surface area contributed by atoms with Gasteiger partial charge < -0.3 is 10.0 Å². The maximum atomic E-state index is 11.9. The molecule has 4 nitrogen and oxygen atoms in total. The number of aliphatic carboxylic acids is 1. The average Bonchev–Trinajstić information content (AvgIpc) is 2.55. The van der Waals surface area contributed by atoms with E-state index in [9.17, 15) is 9.59 Å². The minimum Gasteiger partial charge on any atom is -0.480 e. The predicted octanol–water partition coefficient (Wildman–Crippen LogP) is 1.88. The number of fused-ring (bicyclic) bond motifs is 1. The molecule has 0 spiro atoms. The molecule has 16 heavy (non-hydrogen) atoms.